The molecule has 10 heteroatoms. The third-order valence-electron chi connectivity index (χ3n) is 5.24. The van der Waals surface area contributed by atoms with Gasteiger partial charge in [0, 0.05) is 53.8 Å². The number of hydrogen-bond acceptors (Lipinski definition) is 6. The molecule has 1 aliphatic heterocycles. The number of carbonyl (C=O) groups is 1. The average Bonchev–Trinajstić information content (AvgIpc) is 3.36. The second-order valence-electron chi connectivity index (χ2n) is 7.67. The van der Waals surface area contributed by atoms with Gasteiger partial charge in [0.25, 0.3) is 0 Å². The van der Waals surface area contributed by atoms with Crippen LogP contribution in [0.25, 0.3) is 0 Å². The molecule has 2 unspecified atom stereocenters. The van der Waals surface area contributed by atoms with Gasteiger partial charge in [0.15, 0.2) is 5.96 Å². The zero-order valence-corrected chi connectivity index (χ0v) is 22.2. The topological polar surface area (TPSA) is 73.3 Å². The van der Waals surface area contributed by atoms with Crippen LogP contribution in [0, 0.1) is 0 Å². The maximum atomic E-state index is 12.3. The highest BCUT2D eigenvalue weighted by atomic mass is 127. The van der Waals surface area contributed by atoms with Gasteiger partial charge in [-0.25, -0.2) is 4.98 Å². The van der Waals surface area contributed by atoms with Crippen molar-refractivity contribution in [3.63, 3.8) is 0 Å². The maximum absolute atomic E-state index is 12.3. The van der Waals surface area contributed by atoms with E-state index in [2.05, 4.69) is 30.5 Å². The zero-order chi connectivity index (χ0) is 21.4. The lowest BCUT2D eigenvalue weighted by molar-refractivity contribution is -0.133. The Hall–Kier alpha value is -0.980. The van der Waals surface area contributed by atoms with Crippen molar-refractivity contribution < 1.29 is 9.53 Å². The molecular formula is C20H37IN6O2S. The van der Waals surface area contributed by atoms with Gasteiger partial charge in [0.1, 0.15) is 11.1 Å². The molecule has 30 heavy (non-hydrogen) atoms. The van der Waals surface area contributed by atoms with Crippen molar-refractivity contribution in [1.82, 2.24) is 25.0 Å². The second-order valence-corrected chi connectivity index (χ2v) is 8.55. The summed E-state index contributed by atoms with van der Waals surface area (Å²) in [5.74, 6) is 1.07. The molecule has 1 aromatic heterocycles. The molecule has 0 spiro atoms. The number of amides is 1. The van der Waals surface area contributed by atoms with Gasteiger partial charge < -0.3 is 19.9 Å². The molecule has 8 nitrogen and oxygen atoms in total. The molecule has 0 bridgehead atoms. The van der Waals surface area contributed by atoms with E-state index in [0.717, 1.165) is 55.6 Å². The van der Waals surface area contributed by atoms with E-state index in [9.17, 15) is 4.79 Å². The number of nitrogens with one attached hydrogen (secondary N) is 1. The van der Waals surface area contributed by atoms with E-state index >= 15 is 0 Å². The van der Waals surface area contributed by atoms with Gasteiger partial charge in [-0.15, -0.1) is 35.3 Å². The lowest BCUT2D eigenvalue weighted by Crippen LogP contribution is -2.44. The molecule has 2 heterocycles. The first-order valence-corrected chi connectivity index (χ1v) is 11.1. The summed E-state index contributed by atoms with van der Waals surface area (Å²) < 4.78 is 5.34. The molecule has 1 aromatic rings. The minimum absolute atomic E-state index is 0. The summed E-state index contributed by atoms with van der Waals surface area (Å²) in [4.78, 5) is 27.4. The van der Waals surface area contributed by atoms with Gasteiger partial charge >= 0.3 is 0 Å². The smallest absolute Gasteiger partial charge is 0.239 e. The summed E-state index contributed by atoms with van der Waals surface area (Å²) in [6.07, 6.45) is 3.05. The second kappa shape index (κ2) is 13.4. The maximum Gasteiger partial charge on any atom is 0.239 e. The number of halogens is 1. The van der Waals surface area contributed by atoms with Crippen LogP contribution in [0.1, 0.15) is 43.0 Å². The molecule has 1 N–H and O–H groups in total. The summed E-state index contributed by atoms with van der Waals surface area (Å²) in [5, 5.41) is 6.49. The highest BCUT2D eigenvalue weighted by Crippen LogP contribution is 2.21. The van der Waals surface area contributed by atoms with Crippen LogP contribution in [0.2, 0.25) is 0 Å². The Kier molecular flexibility index (Phi) is 12.1. The van der Waals surface area contributed by atoms with Crippen molar-refractivity contribution in [3.8, 4) is 0 Å². The predicted molar refractivity (Wildman–Crippen MR) is 134 cm³/mol. The Bertz CT molecular complexity index is 684. The summed E-state index contributed by atoms with van der Waals surface area (Å²) in [5.41, 5.74) is 1.02. The lowest BCUT2D eigenvalue weighted by atomic mass is 10.2. The molecule has 1 saturated heterocycles. The largest absolute Gasteiger partial charge is 0.375 e. The quantitative estimate of drug-likeness (QED) is 0.220. The third-order valence-corrected chi connectivity index (χ3v) is 6.29. The minimum Gasteiger partial charge on any atom is -0.375 e. The van der Waals surface area contributed by atoms with Crippen LogP contribution in [0.4, 0.5) is 0 Å². The number of ether oxygens (including phenoxy) is 1. The summed E-state index contributed by atoms with van der Waals surface area (Å²) >= 11 is 1.62. The number of thiazole rings is 1. The molecule has 1 fully saturated rings. The number of guanidine groups is 1. The van der Waals surface area contributed by atoms with E-state index in [-0.39, 0.29) is 42.0 Å². The number of rotatable bonds is 9. The van der Waals surface area contributed by atoms with Crippen LogP contribution in [-0.2, 0) is 16.1 Å². The van der Waals surface area contributed by atoms with Crippen LogP contribution in [0.15, 0.2) is 10.4 Å². The van der Waals surface area contributed by atoms with Gasteiger partial charge in [-0.2, -0.15) is 0 Å². The summed E-state index contributed by atoms with van der Waals surface area (Å²) in [7, 11) is 9.18. The van der Waals surface area contributed by atoms with E-state index in [0.29, 0.717) is 6.54 Å². The Labute approximate surface area is 202 Å². The third kappa shape index (κ3) is 7.61. The van der Waals surface area contributed by atoms with Crippen LogP contribution in [-0.4, -0.2) is 92.5 Å². The van der Waals surface area contributed by atoms with Gasteiger partial charge in [0.05, 0.1) is 18.3 Å². The number of aromatic nitrogens is 1. The van der Waals surface area contributed by atoms with Crippen molar-refractivity contribution in [2.45, 2.75) is 44.9 Å². The van der Waals surface area contributed by atoms with E-state index in [1.54, 1.807) is 30.4 Å². The van der Waals surface area contributed by atoms with Gasteiger partial charge in [-0.05, 0) is 32.7 Å². The molecule has 1 aliphatic rings. The first-order chi connectivity index (χ1) is 13.9. The predicted octanol–water partition coefficient (Wildman–Crippen LogP) is 2.42. The molecule has 0 aromatic carbocycles. The number of methoxy groups -OCH3 is 1. The summed E-state index contributed by atoms with van der Waals surface area (Å²) in [6.45, 7) is 5.44. The highest BCUT2D eigenvalue weighted by Gasteiger charge is 2.31. The molecular weight excluding hydrogens is 515 g/mol. The van der Waals surface area contributed by atoms with Crippen LogP contribution in [0.3, 0.4) is 0 Å². The molecule has 0 radical (unpaired) electrons. The molecule has 1 amide bonds. The van der Waals surface area contributed by atoms with Crippen LogP contribution < -0.4 is 5.32 Å². The Morgan fingerprint density at radius 1 is 1.47 bits per heavy atom. The van der Waals surface area contributed by atoms with E-state index in [1.165, 1.54) is 0 Å². The zero-order valence-electron chi connectivity index (χ0n) is 19.1. The minimum atomic E-state index is 0. The SMILES string of the molecule is CN=C(NCCCN1CCCC1C(=O)N(C)C)N(C)Cc1csc(C(C)OC)n1.I. The number of likely N-dealkylation sites (tertiary alicyclic amines) is 1. The van der Waals surface area contributed by atoms with Crippen LogP contribution >= 0.6 is 35.3 Å². The molecule has 0 aliphatic carbocycles. The Morgan fingerprint density at radius 2 is 2.20 bits per heavy atom. The van der Waals surface area contributed by atoms with Crippen molar-refractivity contribution in [3.05, 3.63) is 16.1 Å². The normalized spacial score (nSPS) is 18.1. The molecule has 2 atom stereocenters. The summed E-state index contributed by atoms with van der Waals surface area (Å²) in [6, 6.07) is 0.0420. The van der Waals surface area contributed by atoms with Gasteiger partial charge in [-0.3, -0.25) is 14.7 Å². The van der Waals surface area contributed by atoms with Gasteiger partial charge in [0.2, 0.25) is 5.91 Å². The van der Waals surface area contributed by atoms with E-state index in [4.69, 9.17) is 4.74 Å². The number of aliphatic imine (C=N–C) groups is 1. The average molecular weight is 553 g/mol. The fourth-order valence-corrected chi connectivity index (χ4v) is 4.38. The number of carbonyl (C=O) groups excluding carboxylic acids is 1. The first kappa shape index (κ1) is 27.1. The Morgan fingerprint density at radius 3 is 2.83 bits per heavy atom. The van der Waals surface area contributed by atoms with E-state index in [1.807, 2.05) is 28.1 Å². The van der Waals surface area contributed by atoms with Crippen molar-refractivity contribution in [2.24, 2.45) is 4.99 Å². The van der Waals surface area contributed by atoms with Gasteiger partial charge in [-0.1, -0.05) is 0 Å². The number of hydrogen-bond donors (Lipinski definition) is 1. The number of nitrogens with zero attached hydrogens (tertiary/aromatic N) is 5. The molecule has 172 valence electrons. The number of likely N-dealkylation sites (N-methyl/N-ethyl adjacent to an activating group) is 1. The van der Waals surface area contributed by atoms with Crippen LogP contribution in [0.5, 0.6) is 0 Å². The van der Waals surface area contributed by atoms with Crippen molar-refractivity contribution in [1.29, 1.82) is 0 Å². The van der Waals surface area contributed by atoms with Crippen molar-refractivity contribution >= 4 is 47.2 Å². The molecule has 2 rings (SSSR count). The Balaban J connectivity index is 0.00000450. The standard InChI is InChI=1S/C20H36N6O2S.HI/c1-15(28-6)18-23-16(14-29-18)13-25(5)20(21-2)22-10-8-12-26-11-7-9-17(26)19(27)24(3)4;/h14-15,17H,7-13H2,1-6H3,(H,21,22);1H. The highest BCUT2D eigenvalue weighted by molar-refractivity contribution is 14.0. The fraction of sp³-hybridized carbons (Fsp3) is 0.750. The fourth-order valence-electron chi connectivity index (χ4n) is 3.54. The first-order valence-electron chi connectivity index (χ1n) is 10.2. The van der Waals surface area contributed by atoms with E-state index < -0.39 is 0 Å². The molecule has 0 saturated carbocycles. The lowest BCUT2D eigenvalue weighted by Gasteiger charge is -2.26. The monoisotopic (exact) mass is 552 g/mol. The van der Waals surface area contributed by atoms with Crippen molar-refractivity contribution in [2.75, 3.05) is 54.9 Å².